The van der Waals surface area contributed by atoms with E-state index in [1.54, 1.807) is 0 Å². The molecule has 0 N–H and O–H groups in total. The molecule has 0 spiro atoms. The SMILES string of the molecule is CN1CCN(c2ccc(-c3nc4c(c(N5CCC(N(C)C)CC5)n3)COCC4)cn2)CC1. The largest absolute Gasteiger partial charge is 0.376 e. The summed E-state index contributed by atoms with van der Waals surface area (Å²) in [6.45, 7) is 7.57. The molecule has 0 atom stereocenters. The minimum absolute atomic E-state index is 0.610. The van der Waals surface area contributed by atoms with E-state index in [0.717, 1.165) is 93.9 Å². The van der Waals surface area contributed by atoms with Gasteiger partial charge in [0, 0.05) is 69.1 Å². The maximum absolute atomic E-state index is 5.79. The van der Waals surface area contributed by atoms with Crippen LogP contribution in [-0.2, 0) is 17.8 Å². The zero-order valence-electron chi connectivity index (χ0n) is 19.6. The van der Waals surface area contributed by atoms with Crippen LogP contribution in [-0.4, -0.2) is 97.8 Å². The second kappa shape index (κ2) is 9.29. The van der Waals surface area contributed by atoms with E-state index in [1.807, 2.05) is 6.20 Å². The number of fused-ring (bicyclic) bond motifs is 1. The van der Waals surface area contributed by atoms with Gasteiger partial charge in [0.05, 0.1) is 18.9 Å². The Labute approximate surface area is 191 Å². The first kappa shape index (κ1) is 21.6. The van der Waals surface area contributed by atoms with Gasteiger partial charge < -0.3 is 24.3 Å². The summed E-state index contributed by atoms with van der Waals surface area (Å²) in [6, 6.07) is 4.89. The minimum atomic E-state index is 0.610. The summed E-state index contributed by atoms with van der Waals surface area (Å²) in [5.74, 6) is 2.89. The molecule has 0 aliphatic carbocycles. The molecule has 0 aromatic carbocycles. The van der Waals surface area contributed by atoms with Gasteiger partial charge in [0.2, 0.25) is 0 Å². The number of aromatic nitrogens is 3. The lowest BCUT2D eigenvalue weighted by Crippen LogP contribution is -2.44. The molecular formula is C24H35N7O. The van der Waals surface area contributed by atoms with Crippen LogP contribution in [0.4, 0.5) is 11.6 Å². The lowest BCUT2D eigenvalue weighted by atomic mass is 10.0. The smallest absolute Gasteiger partial charge is 0.163 e. The lowest BCUT2D eigenvalue weighted by molar-refractivity contribution is 0.109. The van der Waals surface area contributed by atoms with Crippen molar-refractivity contribution in [2.75, 3.05) is 76.8 Å². The van der Waals surface area contributed by atoms with Crippen LogP contribution in [0.3, 0.4) is 0 Å². The highest BCUT2D eigenvalue weighted by atomic mass is 16.5. The number of ether oxygens (including phenoxy) is 1. The van der Waals surface area contributed by atoms with Crippen molar-refractivity contribution < 1.29 is 4.74 Å². The highest BCUT2D eigenvalue weighted by Gasteiger charge is 2.27. The van der Waals surface area contributed by atoms with E-state index in [-0.39, 0.29) is 0 Å². The molecule has 2 saturated heterocycles. The van der Waals surface area contributed by atoms with Crippen LogP contribution in [0.15, 0.2) is 18.3 Å². The van der Waals surface area contributed by atoms with E-state index < -0.39 is 0 Å². The van der Waals surface area contributed by atoms with Gasteiger partial charge >= 0.3 is 0 Å². The first-order valence-corrected chi connectivity index (χ1v) is 11.9. The molecule has 3 aliphatic heterocycles. The number of piperidine rings is 1. The maximum Gasteiger partial charge on any atom is 0.163 e. The van der Waals surface area contributed by atoms with Gasteiger partial charge in [-0.3, -0.25) is 0 Å². The quantitative estimate of drug-likeness (QED) is 0.719. The zero-order chi connectivity index (χ0) is 22.1. The second-order valence-corrected chi connectivity index (χ2v) is 9.48. The summed E-state index contributed by atoms with van der Waals surface area (Å²) in [5.41, 5.74) is 3.29. The van der Waals surface area contributed by atoms with E-state index in [1.165, 1.54) is 5.56 Å². The molecule has 172 valence electrons. The van der Waals surface area contributed by atoms with E-state index in [0.29, 0.717) is 12.6 Å². The number of nitrogens with zero attached hydrogens (tertiary/aromatic N) is 7. The predicted octanol–water partition coefficient (Wildman–Crippen LogP) is 1.89. The van der Waals surface area contributed by atoms with Crippen molar-refractivity contribution in [3.63, 3.8) is 0 Å². The van der Waals surface area contributed by atoms with Crippen molar-refractivity contribution in [2.45, 2.75) is 31.9 Å². The van der Waals surface area contributed by atoms with Crippen molar-refractivity contribution in [3.8, 4) is 11.4 Å². The number of hydrogen-bond donors (Lipinski definition) is 0. The Morgan fingerprint density at radius 2 is 1.75 bits per heavy atom. The first-order valence-electron chi connectivity index (χ1n) is 11.9. The molecule has 3 aliphatic rings. The normalized spacial score (nSPS) is 20.6. The third-order valence-electron chi connectivity index (χ3n) is 7.13. The van der Waals surface area contributed by atoms with E-state index in [2.05, 4.69) is 52.9 Å². The molecule has 0 radical (unpaired) electrons. The standard InChI is InChI=1S/C24H35N7O/c1-28(2)19-6-9-31(10-7-19)24-20-17-32-15-8-21(20)26-23(27-24)18-4-5-22(25-16-18)30-13-11-29(3)12-14-30/h4-5,16,19H,6-15,17H2,1-3H3. The fourth-order valence-electron chi connectivity index (χ4n) is 4.94. The number of pyridine rings is 1. The second-order valence-electron chi connectivity index (χ2n) is 9.48. The Morgan fingerprint density at radius 3 is 2.44 bits per heavy atom. The number of anilines is 2. The average molecular weight is 438 g/mol. The summed E-state index contributed by atoms with van der Waals surface area (Å²) in [6.07, 6.45) is 5.10. The maximum atomic E-state index is 5.79. The molecule has 0 saturated carbocycles. The molecule has 0 unspecified atom stereocenters. The van der Waals surface area contributed by atoms with Crippen LogP contribution >= 0.6 is 0 Å². The molecule has 8 heteroatoms. The molecule has 0 amide bonds. The monoisotopic (exact) mass is 437 g/mol. The van der Waals surface area contributed by atoms with Gasteiger partial charge in [-0.25, -0.2) is 15.0 Å². The van der Waals surface area contributed by atoms with Gasteiger partial charge in [0.15, 0.2) is 5.82 Å². The molecule has 2 aromatic heterocycles. The van der Waals surface area contributed by atoms with E-state index in [4.69, 9.17) is 19.7 Å². The Kier molecular flexibility index (Phi) is 6.26. The fraction of sp³-hybridized carbons (Fsp3) is 0.625. The van der Waals surface area contributed by atoms with Gasteiger partial charge in [-0.2, -0.15) is 0 Å². The Balaban J connectivity index is 1.40. The van der Waals surface area contributed by atoms with E-state index >= 15 is 0 Å². The van der Waals surface area contributed by atoms with Crippen LogP contribution < -0.4 is 9.80 Å². The highest BCUT2D eigenvalue weighted by molar-refractivity contribution is 5.62. The molecule has 2 aromatic rings. The number of likely N-dealkylation sites (N-methyl/N-ethyl adjacent to an activating group) is 1. The van der Waals surface area contributed by atoms with Gasteiger partial charge in [0.25, 0.3) is 0 Å². The van der Waals surface area contributed by atoms with Crippen LogP contribution in [0.25, 0.3) is 11.4 Å². The van der Waals surface area contributed by atoms with Gasteiger partial charge in [-0.15, -0.1) is 0 Å². The predicted molar refractivity (Wildman–Crippen MR) is 127 cm³/mol. The van der Waals surface area contributed by atoms with Crippen molar-refractivity contribution in [2.24, 2.45) is 0 Å². The molecule has 8 nitrogen and oxygen atoms in total. The topological polar surface area (TPSA) is 60.9 Å². The van der Waals surface area contributed by atoms with Gasteiger partial charge in [-0.05, 0) is 46.1 Å². The lowest BCUT2D eigenvalue weighted by Gasteiger charge is -2.37. The summed E-state index contributed by atoms with van der Waals surface area (Å²) in [7, 11) is 6.53. The van der Waals surface area contributed by atoms with Crippen LogP contribution in [0.5, 0.6) is 0 Å². The Hall–Kier alpha value is -2.29. The summed E-state index contributed by atoms with van der Waals surface area (Å²) in [4.78, 5) is 24.3. The van der Waals surface area contributed by atoms with Crippen LogP contribution in [0.2, 0.25) is 0 Å². The van der Waals surface area contributed by atoms with Gasteiger partial charge in [-0.1, -0.05) is 0 Å². The van der Waals surface area contributed by atoms with Crippen LogP contribution in [0, 0.1) is 0 Å². The van der Waals surface area contributed by atoms with Crippen molar-refractivity contribution in [3.05, 3.63) is 29.6 Å². The highest BCUT2D eigenvalue weighted by Crippen LogP contribution is 2.31. The molecule has 5 heterocycles. The number of hydrogen-bond acceptors (Lipinski definition) is 8. The molecule has 0 bridgehead atoms. The summed E-state index contributed by atoms with van der Waals surface area (Å²) < 4.78 is 5.79. The first-order chi connectivity index (χ1) is 15.6. The molecule has 2 fully saturated rings. The van der Waals surface area contributed by atoms with Crippen molar-refractivity contribution in [1.29, 1.82) is 0 Å². The van der Waals surface area contributed by atoms with E-state index in [9.17, 15) is 0 Å². The summed E-state index contributed by atoms with van der Waals surface area (Å²) >= 11 is 0. The van der Waals surface area contributed by atoms with Gasteiger partial charge in [0.1, 0.15) is 11.6 Å². The number of piperazine rings is 1. The third kappa shape index (κ3) is 4.44. The fourth-order valence-corrected chi connectivity index (χ4v) is 4.94. The van der Waals surface area contributed by atoms with Crippen molar-refractivity contribution >= 4 is 11.6 Å². The average Bonchev–Trinajstić information content (AvgIpc) is 2.84. The van der Waals surface area contributed by atoms with Crippen LogP contribution in [0.1, 0.15) is 24.1 Å². The molecular weight excluding hydrogens is 402 g/mol. The zero-order valence-corrected chi connectivity index (χ0v) is 19.6. The third-order valence-corrected chi connectivity index (χ3v) is 7.13. The number of rotatable bonds is 4. The summed E-state index contributed by atoms with van der Waals surface area (Å²) in [5, 5.41) is 0. The van der Waals surface area contributed by atoms with Crippen molar-refractivity contribution in [1.82, 2.24) is 24.8 Å². The molecule has 32 heavy (non-hydrogen) atoms. The molecule has 5 rings (SSSR count). The Bertz CT molecular complexity index is 917. The Morgan fingerprint density at radius 1 is 0.969 bits per heavy atom. The minimum Gasteiger partial charge on any atom is -0.376 e.